The number of imidazole rings is 1. The van der Waals surface area contributed by atoms with Gasteiger partial charge in [0.05, 0.1) is 12.5 Å². The molecule has 56 valence electrons. The number of aromatic amines is 1. The van der Waals surface area contributed by atoms with Crippen molar-refractivity contribution in [2.45, 2.75) is 0 Å². The summed E-state index contributed by atoms with van der Waals surface area (Å²) in [5, 5.41) is 0. The number of nitrogen functional groups attached to an aromatic ring is 1. The Labute approximate surface area is 61.8 Å². The van der Waals surface area contributed by atoms with E-state index in [9.17, 15) is 0 Å². The first-order chi connectivity index (χ1) is 5.40. The topological polar surface area (TPSA) is 92.5 Å². The van der Waals surface area contributed by atoms with Crippen molar-refractivity contribution in [3.63, 3.8) is 0 Å². The fourth-order valence-corrected chi connectivity index (χ4v) is 0.806. The quantitative estimate of drug-likeness (QED) is 0.381. The van der Waals surface area contributed by atoms with Crippen molar-refractivity contribution in [3.05, 3.63) is 12.5 Å². The lowest BCUT2D eigenvalue weighted by atomic mass is 10.6. The van der Waals surface area contributed by atoms with Crippen molar-refractivity contribution in [1.29, 1.82) is 0 Å². The van der Waals surface area contributed by atoms with Crippen LogP contribution in [0.1, 0.15) is 0 Å². The lowest BCUT2D eigenvalue weighted by Gasteiger charge is -1.94. The van der Waals surface area contributed by atoms with Gasteiger partial charge in [0.25, 0.3) is 0 Å². The number of anilines is 1. The summed E-state index contributed by atoms with van der Waals surface area (Å²) in [6, 6.07) is 0. The van der Waals surface area contributed by atoms with Gasteiger partial charge in [-0.05, 0) is 0 Å². The van der Waals surface area contributed by atoms with Gasteiger partial charge in [-0.15, -0.1) is 0 Å². The maximum atomic E-state index is 5.10. The number of hydrogen-bond acceptors (Lipinski definition) is 5. The highest BCUT2D eigenvalue weighted by Gasteiger charge is 1.98. The third kappa shape index (κ3) is 0.887. The van der Waals surface area contributed by atoms with Crippen LogP contribution in [0, 0.1) is 0 Å². The molecule has 0 aliphatic carbocycles. The molecule has 0 radical (unpaired) electrons. The molecule has 4 N–H and O–H groups in total. The third-order valence-corrected chi connectivity index (χ3v) is 1.30. The number of aromatic nitrogens is 4. The number of hydrazine groups is 1. The van der Waals surface area contributed by atoms with E-state index in [2.05, 4.69) is 25.4 Å². The SMILES string of the molecule is NNc1ncc2[nH]cnc2n1. The summed E-state index contributed by atoms with van der Waals surface area (Å²) in [5.74, 6) is 5.46. The second-order valence-electron chi connectivity index (χ2n) is 1.98. The summed E-state index contributed by atoms with van der Waals surface area (Å²) < 4.78 is 0. The summed E-state index contributed by atoms with van der Waals surface area (Å²) >= 11 is 0. The number of rotatable bonds is 1. The van der Waals surface area contributed by atoms with Crippen molar-refractivity contribution in [2.75, 3.05) is 5.43 Å². The van der Waals surface area contributed by atoms with E-state index in [1.807, 2.05) is 0 Å². The van der Waals surface area contributed by atoms with Gasteiger partial charge >= 0.3 is 0 Å². The molecule has 6 nitrogen and oxygen atoms in total. The van der Waals surface area contributed by atoms with Gasteiger partial charge < -0.3 is 4.98 Å². The Kier molecular flexibility index (Phi) is 1.19. The molecule has 0 amide bonds. The van der Waals surface area contributed by atoms with Crippen molar-refractivity contribution in [2.24, 2.45) is 5.84 Å². The molecule has 0 saturated carbocycles. The van der Waals surface area contributed by atoms with Gasteiger partial charge in [0, 0.05) is 0 Å². The molecule has 0 fully saturated rings. The van der Waals surface area contributed by atoms with E-state index >= 15 is 0 Å². The molecule has 0 bridgehead atoms. The Bertz CT molecular complexity index is 366. The molecule has 0 aromatic carbocycles. The van der Waals surface area contributed by atoms with Crippen LogP contribution in [-0.4, -0.2) is 19.9 Å². The normalized spacial score (nSPS) is 10.3. The molecule has 0 aliphatic rings. The summed E-state index contributed by atoms with van der Waals surface area (Å²) in [6.07, 6.45) is 3.17. The van der Waals surface area contributed by atoms with Crippen molar-refractivity contribution in [3.8, 4) is 0 Å². The molecule has 11 heavy (non-hydrogen) atoms. The molecule has 0 aliphatic heterocycles. The van der Waals surface area contributed by atoms with E-state index in [4.69, 9.17) is 5.84 Å². The molecule has 2 heterocycles. The number of nitrogens with zero attached hydrogens (tertiary/aromatic N) is 3. The first kappa shape index (κ1) is 6.05. The van der Waals surface area contributed by atoms with E-state index < -0.39 is 0 Å². The summed E-state index contributed by atoms with van der Waals surface area (Å²) in [6.45, 7) is 0. The first-order valence-electron chi connectivity index (χ1n) is 3.03. The van der Waals surface area contributed by atoms with Crippen LogP contribution in [0.15, 0.2) is 12.5 Å². The molecule has 0 unspecified atom stereocenters. The van der Waals surface area contributed by atoms with Gasteiger partial charge in [-0.1, -0.05) is 0 Å². The van der Waals surface area contributed by atoms with Crippen LogP contribution >= 0.6 is 0 Å². The maximum absolute atomic E-state index is 5.10. The number of H-pyrrole nitrogens is 1. The van der Waals surface area contributed by atoms with Crippen molar-refractivity contribution < 1.29 is 0 Å². The minimum atomic E-state index is 0.365. The highest BCUT2D eigenvalue weighted by molar-refractivity contribution is 5.69. The zero-order valence-corrected chi connectivity index (χ0v) is 5.57. The van der Waals surface area contributed by atoms with Crippen LogP contribution < -0.4 is 11.3 Å². The molecule has 2 rings (SSSR count). The van der Waals surface area contributed by atoms with Crippen LogP contribution in [-0.2, 0) is 0 Å². The Morgan fingerprint density at radius 1 is 1.45 bits per heavy atom. The predicted octanol–water partition coefficient (Wildman–Crippen LogP) is -0.362. The summed E-state index contributed by atoms with van der Waals surface area (Å²) in [7, 11) is 0. The van der Waals surface area contributed by atoms with E-state index in [0.29, 0.717) is 11.6 Å². The lowest BCUT2D eigenvalue weighted by molar-refractivity contribution is 1.14. The number of fused-ring (bicyclic) bond motifs is 1. The number of hydrogen-bond donors (Lipinski definition) is 3. The highest BCUT2D eigenvalue weighted by atomic mass is 15.3. The number of nitrogens with one attached hydrogen (secondary N) is 2. The zero-order chi connectivity index (χ0) is 7.68. The van der Waals surface area contributed by atoms with Gasteiger partial charge in [0.1, 0.15) is 5.52 Å². The van der Waals surface area contributed by atoms with Gasteiger partial charge in [-0.3, -0.25) is 5.43 Å². The van der Waals surface area contributed by atoms with Crippen LogP contribution in [0.2, 0.25) is 0 Å². The number of nitrogens with two attached hydrogens (primary N) is 1. The molecular formula is C5H6N6. The van der Waals surface area contributed by atoms with Crippen LogP contribution in [0.4, 0.5) is 5.95 Å². The first-order valence-corrected chi connectivity index (χ1v) is 3.03. The Hall–Kier alpha value is -1.69. The largest absolute Gasteiger partial charge is 0.342 e. The zero-order valence-electron chi connectivity index (χ0n) is 5.57. The van der Waals surface area contributed by atoms with Gasteiger partial charge in [0.15, 0.2) is 5.65 Å². The minimum Gasteiger partial charge on any atom is -0.342 e. The van der Waals surface area contributed by atoms with E-state index in [1.54, 1.807) is 12.5 Å². The van der Waals surface area contributed by atoms with Crippen LogP contribution in [0.25, 0.3) is 11.2 Å². The molecule has 0 atom stereocenters. The fraction of sp³-hybridized carbons (Fsp3) is 0. The Balaban J connectivity index is 2.67. The summed E-state index contributed by atoms with van der Waals surface area (Å²) in [5.41, 5.74) is 3.73. The minimum absolute atomic E-state index is 0.365. The average Bonchev–Trinajstić information content (AvgIpc) is 2.50. The highest BCUT2D eigenvalue weighted by Crippen LogP contribution is 2.05. The van der Waals surface area contributed by atoms with Crippen molar-refractivity contribution in [1.82, 2.24) is 19.9 Å². The molecule has 2 aromatic heterocycles. The van der Waals surface area contributed by atoms with E-state index in [0.717, 1.165) is 5.52 Å². The molecule has 2 aromatic rings. The predicted molar refractivity (Wildman–Crippen MR) is 39.5 cm³/mol. The Morgan fingerprint density at radius 3 is 3.18 bits per heavy atom. The van der Waals surface area contributed by atoms with Crippen molar-refractivity contribution >= 4 is 17.1 Å². The second kappa shape index (κ2) is 2.17. The maximum Gasteiger partial charge on any atom is 0.239 e. The van der Waals surface area contributed by atoms with Gasteiger partial charge in [-0.25, -0.2) is 15.8 Å². The third-order valence-electron chi connectivity index (χ3n) is 1.30. The molecular weight excluding hydrogens is 144 g/mol. The van der Waals surface area contributed by atoms with Gasteiger partial charge in [-0.2, -0.15) is 4.98 Å². The standard InChI is InChI=1S/C5H6N6/c6-11-5-7-1-3-4(10-5)9-2-8-3/h1-2H,6H2,(H2,7,8,9,10,11). The molecule has 0 spiro atoms. The fourth-order valence-electron chi connectivity index (χ4n) is 0.806. The smallest absolute Gasteiger partial charge is 0.239 e. The monoisotopic (exact) mass is 150 g/mol. The second-order valence-corrected chi connectivity index (χ2v) is 1.98. The lowest BCUT2D eigenvalue weighted by Crippen LogP contribution is -2.09. The summed E-state index contributed by atoms with van der Waals surface area (Å²) in [4.78, 5) is 14.6. The van der Waals surface area contributed by atoms with E-state index in [-0.39, 0.29) is 0 Å². The Morgan fingerprint density at radius 2 is 2.36 bits per heavy atom. The van der Waals surface area contributed by atoms with Crippen LogP contribution in [0.5, 0.6) is 0 Å². The average molecular weight is 150 g/mol. The molecule has 6 heteroatoms. The van der Waals surface area contributed by atoms with Gasteiger partial charge in [0.2, 0.25) is 5.95 Å². The molecule has 0 saturated heterocycles. The van der Waals surface area contributed by atoms with E-state index in [1.165, 1.54) is 0 Å². The van der Waals surface area contributed by atoms with Crippen LogP contribution in [0.3, 0.4) is 0 Å².